The molecule has 1 atom stereocenters. The van der Waals surface area contributed by atoms with Crippen LogP contribution >= 0.6 is 11.6 Å². The first-order valence-electron chi connectivity index (χ1n) is 9.66. The van der Waals surface area contributed by atoms with Gasteiger partial charge in [0.1, 0.15) is 12.6 Å². The van der Waals surface area contributed by atoms with Crippen LogP contribution in [0.25, 0.3) is 0 Å². The summed E-state index contributed by atoms with van der Waals surface area (Å²) in [5, 5.41) is 2.99. The number of likely N-dealkylation sites (N-methyl/N-ethyl adjacent to an activating group) is 1. The maximum atomic E-state index is 13.7. The third-order valence-electron chi connectivity index (χ3n) is 4.77. The molecule has 0 saturated heterocycles. The SMILES string of the molecule is CC[C@H](C(=O)NC)N(Cc1ccc(Cl)cc1)C(=O)CN(c1ccc(F)c(F)c1)S(C)(=O)=O. The Hall–Kier alpha value is -2.72. The summed E-state index contributed by atoms with van der Waals surface area (Å²) in [7, 11) is -2.60. The van der Waals surface area contributed by atoms with E-state index in [1.165, 1.54) is 11.9 Å². The molecule has 2 amide bonds. The van der Waals surface area contributed by atoms with Crippen LogP contribution in [0.2, 0.25) is 5.02 Å². The minimum Gasteiger partial charge on any atom is -0.357 e. The predicted octanol–water partition coefficient (Wildman–Crippen LogP) is 2.94. The molecular weight excluding hydrogens is 464 g/mol. The molecule has 0 unspecified atom stereocenters. The third kappa shape index (κ3) is 6.39. The summed E-state index contributed by atoms with van der Waals surface area (Å²) >= 11 is 5.91. The normalized spacial score (nSPS) is 12.2. The fourth-order valence-corrected chi connectivity index (χ4v) is 4.09. The standard InChI is InChI=1S/C21H24ClF2N3O4S/c1-4-19(21(29)25-2)26(12-14-5-7-15(22)8-6-14)20(28)13-27(32(3,30)31)16-9-10-17(23)18(24)11-16/h5-11,19H,4,12-13H2,1-3H3,(H,25,29)/t19-/m1/s1. The number of hydrogen-bond donors (Lipinski definition) is 1. The number of carbonyl (C=O) groups excluding carboxylic acids is 2. The van der Waals surface area contributed by atoms with Gasteiger partial charge in [-0.1, -0.05) is 30.7 Å². The van der Waals surface area contributed by atoms with Gasteiger partial charge < -0.3 is 10.2 Å². The first-order valence-corrected chi connectivity index (χ1v) is 11.9. The lowest BCUT2D eigenvalue weighted by atomic mass is 10.1. The fraction of sp³-hybridized carbons (Fsp3) is 0.333. The van der Waals surface area contributed by atoms with Crippen molar-refractivity contribution >= 4 is 39.1 Å². The van der Waals surface area contributed by atoms with E-state index in [0.717, 1.165) is 18.4 Å². The van der Waals surface area contributed by atoms with Crippen molar-refractivity contribution in [3.8, 4) is 0 Å². The van der Waals surface area contributed by atoms with Gasteiger partial charge in [0.05, 0.1) is 11.9 Å². The Bertz CT molecular complexity index is 1080. The van der Waals surface area contributed by atoms with Crippen molar-refractivity contribution < 1.29 is 26.8 Å². The Kier molecular flexibility index (Phi) is 8.57. The lowest BCUT2D eigenvalue weighted by Gasteiger charge is -2.32. The van der Waals surface area contributed by atoms with Gasteiger partial charge in [-0.25, -0.2) is 17.2 Å². The highest BCUT2D eigenvalue weighted by Gasteiger charge is 2.31. The Morgan fingerprint density at radius 1 is 1.09 bits per heavy atom. The number of halogens is 3. The molecule has 2 rings (SSSR count). The van der Waals surface area contributed by atoms with E-state index >= 15 is 0 Å². The van der Waals surface area contributed by atoms with Crippen LogP contribution in [0.15, 0.2) is 42.5 Å². The number of nitrogens with one attached hydrogen (secondary N) is 1. The molecule has 0 radical (unpaired) electrons. The third-order valence-corrected chi connectivity index (χ3v) is 6.16. The highest BCUT2D eigenvalue weighted by molar-refractivity contribution is 7.92. The Labute approximate surface area is 191 Å². The molecule has 0 saturated carbocycles. The van der Waals surface area contributed by atoms with Gasteiger partial charge in [0.25, 0.3) is 0 Å². The molecule has 0 aromatic heterocycles. The summed E-state index contributed by atoms with van der Waals surface area (Å²) in [6.07, 6.45) is 1.12. The monoisotopic (exact) mass is 487 g/mol. The van der Waals surface area contributed by atoms with Gasteiger partial charge >= 0.3 is 0 Å². The molecule has 0 aliphatic rings. The van der Waals surface area contributed by atoms with Gasteiger partial charge in [0.2, 0.25) is 21.8 Å². The summed E-state index contributed by atoms with van der Waals surface area (Å²) in [6.45, 7) is 1.02. The summed E-state index contributed by atoms with van der Waals surface area (Å²) in [6, 6.07) is 8.28. The van der Waals surface area contributed by atoms with Crippen molar-refractivity contribution in [1.82, 2.24) is 10.2 Å². The summed E-state index contributed by atoms with van der Waals surface area (Å²) in [5.74, 6) is -3.51. The van der Waals surface area contributed by atoms with E-state index < -0.39 is 46.1 Å². The maximum Gasteiger partial charge on any atom is 0.244 e. The van der Waals surface area contributed by atoms with Gasteiger partial charge in [0, 0.05) is 24.7 Å². The maximum absolute atomic E-state index is 13.7. The van der Waals surface area contributed by atoms with Crippen LogP contribution in [0, 0.1) is 11.6 Å². The topological polar surface area (TPSA) is 86.8 Å². The van der Waals surface area contributed by atoms with Gasteiger partial charge in [-0.2, -0.15) is 0 Å². The number of rotatable bonds is 9. The van der Waals surface area contributed by atoms with Crippen LogP contribution in [0.1, 0.15) is 18.9 Å². The first-order chi connectivity index (χ1) is 15.0. The van der Waals surface area contributed by atoms with Crippen molar-refractivity contribution in [3.63, 3.8) is 0 Å². The minimum absolute atomic E-state index is 0.0112. The molecule has 0 aliphatic heterocycles. The van der Waals surface area contributed by atoms with E-state index in [0.29, 0.717) is 21.0 Å². The number of sulfonamides is 1. The predicted molar refractivity (Wildman–Crippen MR) is 119 cm³/mol. The average Bonchev–Trinajstić information content (AvgIpc) is 2.74. The Morgan fingerprint density at radius 3 is 2.22 bits per heavy atom. The quantitative estimate of drug-likeness (QED) is 0.589. The Balaban J connectivity index is 2.43. The van der Waals surface area contributed by atoms with E-state index in [-0.39, 0.29) is 18.7 Å². The highest BCUT2D eigenvalue weighted by atomic mass is 35.5. The molecule has 0 heterocycles. The smallest absolute Gasteiger partial charge is 0.244 e. The van der Waals surface area contributed by atoms with Crippen LogP contribution in [0.4, 0.5) is 14.5 Å². The molecule has 2 aromatic carbocycles. The molecular formula is C21H24ClF2N3O4S. The molecule has 7 nitrogen and oxygen atoms in total. The van der Waals surface area contributed by atoms with Gasteiger partial charge in [-0.05, 0) is 36.2 Å². The van der Waals surface area contributed by atoms with Crippen molar-refractivity contribution in [2.24, 2.45) is 0 Å². The first kappa shape index (κ1) is 25.5. The van der Waals surface area contributed by atoms with E-state index in [2.05, 4.69) is 5.32 Å². The van der Waals surface area contributed by atoms with Gasteiger partial charge in [-0.3, -0.25) is 13.9 Å². The summed E-state index contributed by atoms with van der Waals surface area (Å²) in [4.78, 5) is 26.9. The minimum atomic E-state index is -4.03. The molecule has 0 fully saturated rings. The van der Waals surface area contributed by atoms with E-state index in [4.69, 9.17) is 11.6 Å². The molecule has 0 spiro atoms. The number of hydrogen-bond acceptors (Lipinski definition) is 4. The zero-order chi connectivity index (χ0) is 24.1. The van der Waals surface area contributed by atoms with Crippen LogP contribution in [-0.2, 0) is 26.2 Å². The molecule has 174 valence electrons. The van der Waals surface area contributed by atoms with Crippen molar-refractivity contribution in [1.29, 1.82) is 0 Å². The van der Waals surface area contributed by atoms with Crippen molar-refractivity contribution in [2.45, 2.75) is 25.9 Å². The second-order valence-electron chi connectivity index (χ2n) is 7.05. The van der Waals surface area contributed by atoms with Crippen LogP contribution in [0.3, 0.4) is 0 Å². The lowest BCUT2D eigenvalue weighted by Crippen LogP contribution is -2.51. The van der Waals surface area contributed by atoms with Crippen LogP contribution in [-0.4, -0.2) is 51.0 Å². The van der Waals surface area contributed by atoms with Crippen molar-refractivity contribution in [2.75, 3.05) is 24.2 Å². The fourth-order valence-electron chi connectivity index (χ4n) is 3.13. The second kappa shape index (κ2) is 10.7. The lowest BCUT2D eigenvalue weighted by molar-refractivity contribution is -0.140. The second-order valence-corrected chi connectivity index (χ2v) is 9.40. The zero-order valence-electron chi connectivity index (χ0n) is 17.8. The van der Waals surface area contributed by atoms with E-state index in [1.54, 1.807) is 31.2 Å². The Morgan fingerprint density at radius 2 is 1.72 bits per heavy atom. The van der Waals surface area contributed by atoms with E-state index in [1.807, 2.05) is 0 Å². The highest BCUT2D eigenvalue weighted by Crippen LogP contribution is 2.22. The van der Waals surface area contributed by atoms with Crippen LogP contribution < -0.4 is 9.62 Å². The molecule has 1 N–H and O–H groups in total. The summed E-state index contributed by atoms with van der Waals surface area (Å²) in [5.41, 5.74) is 0.461. The van der Waals surface area contributed by atoms with E-state index in [9.17, 15) is 26.8 Å². The number of benzene rings is 2. The molecule has 0 aliphatic carbocycles. The molecule has 0 bridgehead atoms. The van der Waals surface area contributed by atoms with Crippen LogP contribution in [0.5, 0.6) is 0 Å². The zero-order valence-corrected chi connectivity index (χ0v) is 19.4. The van der Waals surface area contributed by atoms with Crippen molar-refractivity contribution in [3.05, 3.63) is 64.7 Å². The number of nitrogens with zero attached hydrogens (tertiary/aromatic N) is 2. The molecule has 2 aromatic rings. The molecule has 11 heteroatoms. The summed E-state index contributed by atoms with van der Waals surface area (Å²) < 4.78 is 52.4. The number of anilines is 1. The van der Waals surface area contributed by atoms with Gasteiger partial charge in [-0.15, -0.1) is 0 Å². The number of carbonyl (C=O) groups is 2. The molecule has 32 heavy (non-hydrogen) atoms. The van der Waals surface area contributed by atoms with Gasteiger partial charge in [0.15, 0.2) is 11.6 Å². The average molecular weight is 488 g/mol. The largest absolute Gasteiger partial charge is 0.357 e. The number of amides is 2.